The number of carbonyl (C=O) groups excluding carboxylic acids is 1. The van der Waals surface area contributed by atoms with Crippen molar-refractivity contribution in [2.75, 3.05) is 13.1 Å². The summed E-state index contributed by atoms with van der Waals surface area (Å²) in [5, 5.41) is 0. The lowest BCUT2D eigenvalue weighted by atomic mass is 9.93. The summed E-state index contributed by atoms with van der Waals surface area (Å²) in [6.07, 6.45) is 5.42. The minimum Gasteiger partial charge on any atom is -0.298 e. The molecule has 2 fully saturated rings. The highest BCUT2D eigenvalue weighted by Gasteiger charge is 2.33. The molecular weight excluding hydrogens is 222 g/mol. The molecular formula is C16H21NO. The molecule has 2 heteroatoms. The van der Waals surface area contributed by atoms with Crippen LogP contribution in [-0.4, -0.2) is 29.8 Å². The van der Waals surface area contributed by atoms with Crippen molar-refractivity contribution < 1.29 is 4.79 Å². The summed E-state index contributed by atoms with van der Waals surface area (Å²) in [4.78, 5) is 14.4. The van der Waals surface area contributed by atoms with Crippen LogP contribution >= 0.6 is 0 Å². The second-order valence-corrected chi connectivity index (χ2v) is 5.62. The van der Waals surface area contributed by atoms with Gasteiger partial charge >= 0.3 is 0 Å². The maximum Gasteiger partial charge on any atom is 0.149 e. The molecule has 3 rings (SSSR count). The van der Waals surface area contributed by atoms with Gasteiger partial charge in [-0.05, 0) is 37.3 Å². The van der Waals surface area contributed by atoms with Crippen LogP contribution in [0.25, 0.3) is 0 Å². The van der Waals surface area contributed by atoms with E-state index in [4.69, 9.17) is 0 Å². The zero-order valence-corrected chi connectivity index (χ0v) is 10.8. The van der Waals surface area contributed by atoms with Gasteiger partial charge in [-0.15, -0.1) is 0 Å². The Balaban J connectivity index is 1.66. The fourth-order valence-electron chi connectivity index (χ4n) is 3.42. The minimum atomic E-state index is 0.229. The largest absolute Gasteiger partial charge is 0.298 e. The van der Waals surface area contributed by atoms with Crippen LogP contribution in [0.5, 0.6) is 0 Å². The van der Waals surface area contributed by atoms with Gasteiger partial charge in [0.15, 0.2) is 0 Å². The third kappa shape index (κ3) is 2.35. The molecule has 1 saturated carbocycles. The topological polar surface area (TPSA) is 20.3 Å². The molecule has 1 heterocycles. The van der Waals surface area contributed by atoms with Gasteiger partial charge in [0.05, 0.1) is 6.04 Å². The first-order chi connectivity index (χ1) is 8.84. The van der Waals surface area contributed by atoms with Gasteiger partial charge in [0.2, 0.25) is 0 Å². The number of Topliss-reactive ketones (excluding diaryl/α,β-unsaturated/α-hetero) is 1. The summed E-state index contributed by atoms with van der Waals surface area (Å²) in [7, 11) is 0. The molecule has 0 N–H and O–H groups in total. The van der Waals surface area contributed by atoms with E-state index in [0.29, 0.717) is 11.7 Å². The number of ketones is 1. The van der Waals surface area contributed by atoms with Crippen LogP contribution in [0.1, 0.15) is 43.6 Å². The van der Waals surface area contributed by atoms with Crippen LogP contribution in [0.15, 0.2) is 30.3 Å². The van der Waals surface area contributed by atoms with Gasteiger partial charge in [0.25, 0.3) is 0 Å². The number of benzene rings is 1. The second-order valence-electron chi connectivity index (χ2n) is 5.62. The van der Waals surface area contributed by atoms with Crippen molar-refractivity contribution in [3.8, 4) is 0 Å². The van der Waals surface area contributed by atoms with Crippen LogP contribution in [0.4, 0.5) is 0 Å². The highest BCUT2D eigenvalue weighted by atomic mass is 16.1. The highest BCUT2D eigenvalue weighted by Crippen LogP contribution is 2.31. The normalized spacial score (nSPS) is 29.7. The van der Waals surface area contributed by atoms with Gasteiger partial charge in [-0.3, -0.25) is 9.69 Å². The van der Waals surface area contributed by atoms with Crippen LogP contribution in [-0.2, 0) is 4.79 Å². The fraction of sp³-hybridized carbons (Fsp3) is 0.562. The Labute approximate surface area is 109 Å². The van der Waals surface area contributed by atoms with E-state index in [0.717, 1.165) is 32.4 Å². The lowest BCUT2D eigenvalue weighted by Gasteiger charge is -2.29. The second kappa shape index (κ2) is 5.23. The average molecular weight is 243 g/mol. The van der Waals surface area contributed by atoms with Crippen molar-refractivity contribution >= 4 is 5.78 Å². The van der Waals surface area contributed by atoms with Gasteiger partial charge in [-0.1, -0.05) is 36.8 Å². The molecule has 2 aliphatic rings. The number of hydrogen-bond acceptors (Lipinski definition) is 2. The molecule has 2 nitrogen and oxygen atoms in total. The molecule has 18 heavy (non-hydrogen) atoms. The lowest BCUT2D eigenvalue weighted by molar-refractivity contribution is -0.125. The zero-order valence-electron chi connectivity index (χ0n) is 10.8. The average Bonchev–Trinajstić information content (AvgIpc) is 2.90. The Morgan fingerprint density at radius 1 is 1.06 bits per heavy atom. The molecule has 96 valence electrons. The zero-order chi connectivity index (χ0) is 12.4. The van der Waals surface area contributed by atoms with E-state index in [1.165, 1.54) is 18.4 Å². The Kier molecular flexibility index (Phi) is 3.46. The molecule has 0 amide bonds. The minimum absolute atomic E-state index is 0.229. The van der Waals surface area contributed by atoms with Crippen molar-refractivity contribution in [3.63, 3.8) is 0 Å². The molecule has 0 aromatic heterocycles. The van der Waals surface area contributed by atoms with Gasteiger partial charge < -0.3 is 0 Å². The maximum atomic E-state index is 12.0. The van der Waals surface area contributed by atoms with Gasteiger partial charge in [0.1, 0.15) is 5.78 Å². The van der Waals surface area contributed by atoms with E-state index in [1.807, 2.05) is 0 Å². The van der Waals surface area contributed by atoms with E-state index in [-0.39, 0.29) is 6.04 Å². The predicted octanol–water partition coefficient (Wildman–Crippen LogP) is 2.99. The number of carbonyl (C=O) groups is 1. The third-order valence-electron chi connectivity index (χ3n) is 4.45. The van der Waals surface area contributed by atoms with Crippen molar-refractivity contribution in [2.24, 2.45) is 0 Å². The lowest BCUT2D eigenvalue weighted by Crippen LogP contribution is -2.41. The van der Waals surface area contributed by atoms with E-state index in [9.17, 15) is 4.79 Å². The molecule has 1 saturated heterocycles. The van der Waals surface area contributed by atoms with Crippen molar-refractivity contribution in [1.29, 1.82) is 0 Å². The molecule has 2 unspecified atom stereocenters. The van der Waals surface area contributed by atoms with Gasteiger partial charge in [-0.2, -0.15) is 0 Å². The smallest absolute Gasteiger partial charge is 0.149 e. The van der Waals surface area contributed by atoms with Crippen LogP contribution in [0.3, 0.4) is 0 Å². The Morgan fingerprint density at radius 2 is 1.89 bits per heavy atom. The first-order valence-corrected chi connectivity index (χ1v) is 7.16. The van der Waals surface area contributed by atoms with Gasteiger partial charge in [-0.25, -0.2) is 0 Å². The third-order valence-corrected chi connectivity index (χ3v) is 4.45. The van der Waals surface area contributed by atoms with Gasteiger partial charge in [0, 0.05) is 13.0 Å². The molecule has 0 radical (unpaired) electrons. The highest BCUT2D eigenvalue weighted by molar-refractivity contribution is 5.84. The van der Waals surface area contributed by atoms with Crippen LogP contribution in [0.2, 0.25) is 0 Å². The number of nitrogens with zero attached hydrogens (tertiary/aromatic N) is 1. The Morgan fingerprint density at radius 3 is 2.67 bits per heavy atom. The summed E-state index contributed by atoms with van der Waals surface area (Å²) >= 11 is 0. The molecule has 1 aliphatic heterocycles. The molecule has 0 bridgehead atoms. The quantitative estimate of drug-likeness (QED) is 0.796. The van der Waals surface area contributed by atoms with E-state index in [1.54, 1.807) is 0 Å². The monoisotopic (exact) mass is 243 g/mol. The van der Waals surface area contributed by atoms with E-state index < -0.39 is 0 Å². The number of likely N-dealkylation sites (tertiary alicyclic amines) is 1. The summed E-state index contributed by atoms with van der Waals surface area (Å²) in [5.41, 5.74) is 1.43. The van der Waals surface area contributed by atoms with Crippen molar-refractivity contribution in [2.45, 2.75) is 44.1 Å². The summed E-state index contributed by atoms with van der Waals surface area (Å²) in [6.45, 7) is 2.16. The molecule has 2 atom stereocenters. The SMILES string of the molecule is O=C1CCCCC1N1CCC(c2ccccc2)C1. The number of rotatable bonds is 2. The predicted molar refractivity (Wildman–Crippen MR) is 72.6 cm³/mol. The Bertz CT molecular complexity index is 414. The fourth-order valence-corrected chi connectivity index (χ4v) is 3.42. The summed E-state index contributed by atoms with van der Waals surface area (Å²) in [5.74, 6) is 1.11. The molecule has 1 aliphatic carbocycles. The number of hydrogen-bond donors (Lipinski definition) is 0. The maximum absolute atomic E-state index is 12.0. The van der Waals surface area contributed by atoms with Crippen LogP contribution in [0, 0.1) is 0 Å². The summed E-state index contributed by atoms with van der Waals surface area (Å²) < 4.78 is 0. The van der Waals surface area contributed by atoms with Crippen LogP contribution < -0.4 is 0 Å². The molecule has 1 aromatic rings. The standard InChI is InChI=1S/C16H21NO/c18-16-9-5-4-8-15(16)17-11-10-14(12-17)13-6-2-1-3-7-13/h1-3,6-7,14-15H,4-5,8-12H2. The first kappa shape index (κ1) is 11.9. The first-order valence-electron chi connectivity index (χ1n) is 7.16. The van der Waals surface area contributed by atoms with Crippen molar-refractivity contribution in [1.82, 2.24) is 4.90 Å². The Hall–Kier alpha value is -1.15. The molecule has 0 spiro atoms. The van der Waals surface area contributed by atoms with Crippen molar-refractivity contribution in [3.05, 3.63) is 35.9 Å². The summed E-state index contributed by atoms with van der Waals surface area (Å²) in [6, 6.07) is 11.0. The molecule has 1 aromatic carbocycles. The van der Waals surface area contributed by atoms with E-state index >= 15 is 0 Å². The van der Waals surface area contributed by atoms with E-state index in [2.05, 4.69) is 35.2 Å².